The summed E-state index contributed by atoms with van der Waals surface area (Å²) >= 11 is 3.10. The third-order valence-electron chi connectivity index (χ3n) is 1.66. The molecular formula is C7H8N4S2. The molecule has 0 spiro atoms. The van der Waals surface area contributed by atoms with Crippen LogP contribution in [0.4, 0.5) is 0 Å². The van der Waals surface area contributed by atoms with Crippen molar-refractivity contribution in [3.63, 3.8) is 0 Å². The van der Waals surface area contributed by atoms with E-state index in [2.05, 4.69) is 15.4 Å². The van der Waals surface area contributed by atoms with E-state index in [0.29, 0.717) is 0 Å². The van der Waals surface area contributed by atoms with E-state index in [0.717, 1.165) is 11.4 Å². The molecule has 68 valence electrons. The lowest BCUT2D eigenvalue weighted by molar-refractivity contribution is 0.612. The van der Waals surface area contributed by atoms with Crippen molar-refractivity contribution in [2.24, 2.45) is 5.84 Å². The first-order valence-corrected chi connectivity index (χ1v) is 5.52. The van der Waals surface area contributed by atoms with Crippen LogP contribution in [-0.4, -0.2) is 9.97 Å². The molecule has 0 unspecified atom stereocenters. The van der Waals surface area contributed by atoms with Gasteiger partial charge in [0.15, 0.2) is 0 Å². The van der Waals surface area contributed by atoms with Crippen LogP contribution in [0, 0.1) is 0 Å². The number of hydrogen-bond donors (Lipinski definition) is 2. The molecule has 0 amide bonds. The first-order valence-electron chi connectivity index (χ1n) is 3.64. The Morgan fingerprint density at radius 1 is 1.15 bits per heavy atom. The minimum atomic E-state index is -0.0856. The van der Waals surface area contributed by atoms with Gasteiger partial charge in [-0.1, -0.05) is 0 Å². The number of rotatable bonds is 3. The van der Waals surface area contributed by atoms with Crippen molar-refractivity contribution in [2.45, 2.75) is 6.04 Å². The second-order valence-corrected chi connectivity index (χ2v) is 3.86. The Labute approximate surface area is 83.4 Å². The zero-order valence-electron chi connectivity index (χ0n) is 6.68. The summed E-state index contributed by atoms with van der Waals surface area (Å²) in [5, 5.41) is 3.92. The van der Waals surface area contributed by atoms with Gasteiger partial charge in [0.1, 0.15) is 6.04 Å². The lowest BCUT2D eigenvalue weighted by Crippen LogP contribution is -2.29. The maximum Gasteiger partial charge on any atom is 0.107 e. The molecule has 2 aromatic heterocycles. The van der Waals surface area contributed by atoms with Gasteiger partial charge in [-0.2, -0.15) is 0 Å². The van der Waals surface area contributed by atoms with Crippen LogP contribution in [0.2, 0.25) is 0 Å². The van der Waals surface area contributed by atoms with E-state index < -0.39 is 0 Å². The van der Waals surface area contributed by atoms with Crippen molar-refractivity contribution in [3.05, 3.63) is 33.2 Å². The molecule has 3 N–H and O–H groups in total. The van der Waals surface area contributed by atoms with Crippen LogP contribution in [0.1, 0.15) is 17.4 Å². The fourth-order valence-electron chi connectivity index (χ4n) is 1.05. The van der Waals surface area contributed by atoms with Gasteiger partial charge in [0, 0.05) is 10.8 Å². The van der Waals surface area contributed by atoms with Gasteiger partial charge in [-0.25, -0.2) is 15.4 Å². The molecule has 4 nitrogen and oxygen atoms in total. The summed E-state index contributed by atoms with van der Waals surface area (Å²) in [5.41, 5.74) is 8.09. The van der Waals surface area contributed by atoms with Crippen LogP contribution in [0.25, 0.3) is 0 Å². The second kappa shape index (κ2) is 3.93. The standard InChI is InChI=1S/C7H8N4S2/c8-11-7(5-1-12-3-9-5)6-2-13-4-10-6/h1-4,7,11H,8H2. The van der Waals surface area contributed by atoms with E-state index in [9.17, 15) is 0 Å². The molecule has 0 saturated heterocycles. The summed E-state index contributed by atoms with van der Waals surface area (Å²) in [6.45, 7) is 0. The monoisotopic (exact) mass is 212 g/mol. The average molecular weight is 212 g/mol. The highest BCUT2D eigenvalue weighted by atomic mass is 32.1. The van der Waals surface area contributed by atoms with Gasteiger partial charge in [0.05, 0.1) is 22.4 Å². The molecule has 13 heavy (non-hydrogen) atoms. The third-order valence-corrected chi connectivity index (χ3v) is 2.87. The summed E-state index contributed by atoms with van der Waals surface area (Å²) in [6, 6.07) is -0.0856. The first kappa shape index (κ1) is 8.76. The normalized spacial score (nSPS) is 10.9. The Hall–Kier alpha value is -0.820. The Balaban J connectivity index is 2.29. The summed E-state index contributed by atoms with van der Waals surface area (Å²) in [7, 11) is 0. The van der Waals surface area contributed by atoms with E-state index in [1.54, 1.807) is 33.7 Å². The van der Waals surface area contributed by atoms with Crippen LogP contribution < -0.4 is 11.3 Å². The Bertz CT molecular complexity index is 308. The molecule has 0 aliphatic carbocycles. The minimum Gasteiger partial charge on any atom is -0.270 e. The lowest BCUT2D eigenvalue weighted by atomic mass is 10.2. The predicted octanol–water partition coefficient (Wildman–Crippen LogP) is 1.15. The molecule has 0 aliphatic rings. The highest BCUT2D eigenvalue weighted by Gasteiger charge is 2.15. The van der Waals surface area contributed by atoms with Crippen LogP contribution in [0.15, 0.2) is 21.8 Å². The summed E-state index contributed by atoms with van der Waals surface area (Å²) in [6.07, 6.45) is 0. The van der Waals surface area contributed by atoms with Gasteiger partial charge in [0.2, 0.25) is 0 Å². The van der Waals surface area contributed by atoms with Crippen LogP contribution in [-0.2, 0) is 0 Å². The molecule has 2 aromatic rings. The van der Waals surface area contributed by atoms with Gasteiger partial charge >= 0.3 is 0 Å². The molecule has 0 radical (unpaired) electrons. The average Bonchev–Trinajstić information content (AvgIpc) is 2.76. The second-order valence-electron chi connectivity index (χ2n) is 2.43. The number of thiazole rings is 2. The lowest BCUT2D eigenvalue weighted by Gasteiger charge is -2.09. The molecule has 0 atom stereocenters. The first-order chi connectivity index (χ1) is 6.42. The number of nitrogens with two attached hydrogens (primary N) is 1. The van der Waals surface area contributed by atoms with E-state index >= 15 is 0 Å². The fourth-order valence-corrected chi connectivity index (χ4v) is 2.21. The SMILES string of the molecule is NNC(c1cscn1)c1cscn1. The van der Waals surface area contributed by atoms with E-state index in [1.165, 1.54) is 0 Å². The zero-order chi connectivity index (χ0) is 9.10. The molecule has 0 saturated carbocycles. The van der Waals surface area contributed by atoms with Gasteiger partial charge in [-0.05, 0) is 0 Å². The van der Waals surface area contributed by atoms with Crippen LogP contribution in [0.5, 0.6) is 0 Å². The largest absolute Gasteiger partial charge is 0.270 e. The molecule has 0 bridgehead atoms. The van der Waals surface area contributed by atoms with E-state index in [4.69, 9.17) is 5.84 Å². The Kier molecular flexibility index (Phi) is 2.65. The number of hydrogen-bond acceptors (Lipinski definition) is 6. The molecule has 2 rings (SSSR count). The summed E-state index contributed by atoms with van der Waals surface area (Å²) < 4.78 is 0. The molecule has 0 aliphatic heterocycles. The summed E-state index contributed by atoms with van der Waals surface area (Å²) in [4.78, 5) is 8.37. The van der Waals surface area contributed by atoms with Crippen molar-refractivity contribution in [2.75, 3.05) is 0 Å². The van der Waals surface area contributed by atoms with Crippen molar-refractivity contribution >= 4 is 22.7 Å². The van der Waals surface area contributed by atoms with Crippen molar-refractivity contribution in [3.8, 4) is 0 Å². The van der Waals surface area contributed by atoms with Gasteiger partial charge in [-0.3, -0.25) is 5.84 Å². The number of nitrogens with zero attached hydrogens (tertiary/aromatic N) is 2. The minimum absolute atomic E-state index is 0.0856. The Morgan fingerprint density at radius 3 is 2.00 bits per heavy atom. The fraction of sp³-hybridized carbons (Fsp3) is 0.143. The number of hydrazine groups is 1. The van der Waals surface area contributed by atoms with Gasteiger partial charge in [0.25, 0.3) is 0 Å². The zero-order valence-corrected chi connectivity index (χ0v) is 8.31. The van der Waals surface area contributed by atoms with Crippen molar-refractivity contribution in [1.82, 2.24) is 15.4 Å². The van der Waals surface area contributed by atoms with Gasteiger partial charge in [-0.15, -0.1) is 22.7 Å². The predicted molar refractivity (Wildman–Crippen MR) is 53.4 cm³/mol. The van der Waals surface area contributed by atoms with Gasteiger partial charge < -0.3 is 0 Å². The summed E-state index contributed by atoms with van der Waals surface area (Å²) in [5.74, 6) is 5.43. The van der Waals surface area contributed by atoms with Crippen molar-refractivity contribution in [1.29, 1.82) is 0 Å². The quantitative estimate of drug-likeness (QED) is 0.592. The van der Waals surface area contributed by atoms with E-state index in [1.807, 2.05) is 10.8 Å². The smallest absolute Gasteiger partial charge is 0.107 e. The molecule has 6 heteroatoms. The van der Waals surface area contributed by atoms with E-state index in [-0.39, 0.29) is 6.04 Å². The van der Waals surface area contributed by atoms with Crippen molar-refractivity contribution < 1.29 is 0 Å². The third kappa shape index (κ3) is 1.75. The maximum absolute atomic E-state index is 5.43. The molecular weight excluding hydrogens is 204 g/mol. The van der Waals surface area contributed by atoms with Crippen LogP contribution in [0.3, 0.4) is 0 Å². The number of nitrogens with one attached hydrogen (secondary N) is 1. The number of aromatic nitrogens is 2. The topological polar surface area (TPSA) is 63.8 Å². The Morgan fingerprint density at radius 2 is 1.69 bits per heavy atom. The molecule has 2 heterocycles. The highest BCUT2D eigenvalue weighted by molar-refractivity contribution is 7.07. The highest BCUT2D eigenvalue weighted by Crippen LogP contribution is 2.20. The molecule has 0 fully saturated rings. The van der Waals surface area contributed by atoms with Crippen LogP contribution >= 0.6 is 22.7 Å². The molecule has 0 aromatic carbocycles. The maximum atomic E-state index is 5.43.